The van der Waals surface area contributed by atoms with Crippen LogP contribution in [-0.2, 0) is 4.74 Å². The Kier molecular flexibility index (Phi) is 3.64. The summed E-state index contributed by atoms with van der Waals surface area (Å²) in [5.74, 6) is -1.46. The molecule has 0 radical (unpaired) electrons. The molecule has 102 valence electrons. The number of amides is 1. The number of nitrogens with zero attached hydrogens (tertiary/aromatic N) is 2. The Balaban J connectivity index is 2.12. The van der Waals surface area contributed by atoms with Gasteiger partial charge in [0.2, 0.25) is 5.96 Å². The number of methoxy groups -OCH3 is 1. The largest absolute Gasteiger partial charge is 0.453 e. The lowest BCUT2D eigenvalue weighted by Gasteiger charge is -2.23. The Labute approximate surface area is 108 Å². The quantitative estimate of drug-likeness (QED) is 0.843. The number of carbonyl (C=O) groups excluding carboxylic acids is 1. The molecular formula is C12H13F2N3O2. The van der Waals surface area contributed by atoms with Crippen LogP contribution in [0.2, 0.25) is 0 Å². The first kappa shape index (κ1) is 13.3. The van der Waals surface area contributed by atoms with Crippen LogP contribution >= 0.6 is 0 Å². The molecule has 0 fully saturated rings. The number of carbonyl (C=O) groups is 1. The second-order valence-corrected chi connectivity index (χ2v) is 4.08. The molecule has 1 aromatic rings. The van der Waals surface area contributed by atoms with Gasteiger partial charge in [0.05, 0.1) is 19.7 Å². The summed E-state index contributed by atoms with van der Waals surface area (Å²) in [5.41, 5.74) is 0.590. The van der Waals surface area contributed by atoms with Crippen LogP contribution in [0.25, 0.3) is 0 Å². The number of benzene rings is 1. The summed E-state index contributed by atoms with van der Waals surface area (Å²) in [6.45, 7) is 0.348. The van der Waals surface area contributed by atoms with Crippen molar-refractivity contribution in [3.8, 4) is 0 Å². The van der Waals surface area contributed by atoms with Gasteiger partial charge in [-0.25, -0.2) is 13.6 Å². The molecule has 1 heterocycles. The predicted octanol–water partition coefficient (Wildman–Crippen LogP) is 1.66. The van der Waals surface area contributed by atoms with Crippen molar-refractivity contribution in [3.05, 3.63) is 35.4 Å². The Hall–Kier alpha value is -2.18. The van der Waals surface area contributed by atoms with E-state index in [1.807, 2.05) is 0 Å². The fraction of sp³-hybridized carbons (Fsp3) is 0.333. The summed E-state index contributed by atoms with van der Waals surface area (Å²) in [4.78, 5) is 16.9. The molecular weight excluding hydrogens is 256 g/mol. The molecule has 0 saturated carbocycles. The van der Waals surface area contributed by atoms with Crippen LogP contribution in [0.3, 0.4) is 0 Å². The van der Waals surface area contributed by atoms with Crippen molar-refractivity contribution in [1.82, 2.24) is 10.2 Å². The Morgan fingerprint density at radius 3 is 2.84 bits per heavy atom. The molecule has 0 saturated heterocycles. The molecule has 1 atom stereocenters. The van der Waals surface area contributed by atoms with Gasteiger partial charge in [0.25, 0.3) is 0 Å². The highest BCUT2D eigenvalue weighted by Gasteiger charge is 2.27. The number of aliphatic imine (C=N–C) groups is 1. The van der Waals surface area contributed by atoms with Gasteiger partial charge in [0.15, 0.2) is 11.6 Å². The van der Waals surface area contributed by atoms with Gasteiger partial charge in [0, 0.05) is 7.05 Å². The van der Waals surface area contributed by atoms with Crippen molar-refractivity contribution >= 4 is 12.1 Å². The van der Waals surface area contributed by atoms with Crippen LogP contribution in [-0.4, -0.2) is 37.7 Å². The van der Waals surface area contributed by atoms with Crippen LogP contribution in [0.1, 0.15) is 11.6 Å². The fourth-order valence-corrected chi connectivity index (χ4v) is 1.87. The Morgan fingerprint density at radius 1 is 1.47 bits per heavy atom. The van der Waals surface area contributed by atoms with Gasteiger partial charge in [-0.2, -0.15) is 0 Å². The summed E-state index contributed by atoms with van der Waals surface area (Å²) in [6, 6.07) is 3.45. The summed E-state index contributed by atoms with van der Waals surface area (Å²) in [6.07, 6.45) is -0.628. The maximum Gasteiger partial charge on any atom is 0.413 e. The number of halogens is 2. The normalized spacial score (nSPS) is 18.2. The molecule has 0 aromatic heterocycles. The molecule has 0 bridgehead atoms. The van der Waals surface area contributed by atoms with E-state index in [1.165, 1.54) is 13.2 Å². The van der Waals surface area contributed by atoms with E-state index in [-0.39, 0.29) is 6.04 Å². The summed E-state index contributed by atoms with van der Waals surface area (Å²) < 4.78 is 30.6. The van der Waals surface area contributed by atoms with Crippen LogP contribution in [0, 0.1) is 11.6 Å². The van der Waals surface area contributed by atoms with Crippen LogP contribution in [0.4, 0.5) is 13.6 Å². The van der Waals surface area contributed by atoms with Crippen molar-refractivity contribution in [3.63, 3.8) is 0 Å². The molecule has 7 heteroatoms. The van der Waals surface area contributed by atoms with Crippen LogP contribution in [0.5, 0.6) is 0 Å². The van der Waals surface area contributed by atoms with Gasteiger partial charge in [-0.15, -0.1) is 0 Å². The molecule has 19 heavy (non-hydrogen) atoms. The van der Waals surface area contributed by atoms with Crippen LogP contribution < -0.4 is 5.32 Å². The molecule has 2 rings (SSSR count). The van der Waals surface area contributed by atoms with Crippen molar-refractivity contribution in [2.24, 2.45) is 4.99 Å². The number of guanidine groups is 1. The fourth-order valence-electron chi connectivity index (χ4n) is 1.87. The van der Waals surface area contributed by atoms with Crippen molar-refractivity contribution in [2.45, 2.75) is 6.04 Å². The maximum atomic E-state index is 13.2. The molecule has 1 aromatic carbocycles. The smallest absolute Gasteiger partial charge is 0.413 e. The van der Waals surface area contributed by atoms with E-state index in [0.29, 0.717) is 18.1 Å². The molecule has 1 aliphatic rings. The van der Waals surface area contributed by atoms with E-state index in [9.17, 15) is 13.6 Å². The zero-order valence-corrected chi connectivity index (χ0v) is 10.5. The summed E-state index contributed by atoms with van der Waals surface area (Å²) in [7, 11) is 2.95. The Bertz CT molecular complexity index is 534. The zero-order chi connectivity index (χ0) is 14.0. The first-order valence-electron chi connectivity index (χ1n) is 5.60. The van der Waals surface area contributed by atoms with Crippen molar-refractivity contribution in [1.29, 1.82) is 0 Å². The van der Waals surface area contributed by atoms with Gasteiger partial charge in [-0.1, -0.05) is 6.07 Å². The predicted molar refractivity (Wildman–Crippen MR) is 64.7 cm³/mol. The van der Waals surface area contributed by atoms with Crippen molar-refractivity contribution < 1.29 is 18.3 Å². The molecule has 5 nitrogen and oxygen atoms in total. The first-order chi connectivity index (χ1) is 9.02. The highest BCUT2D eigenvalue weighted by Crippen LogP contribution is 2.25. The van der Waals surface area contributed by atoms with E-state index in [2.05, 4.69) is 15.0 Å². The first-order valence-corrected chi connectivity index (χ1v) is 5.60. The topological polar surface area (TPSA) is 53.9 Å². The third-order valence-corrected chi connectivity index (χ3v) is 2.94. The van der Waals surface area contributed by atoms with E-state index in [1.54, 1.807) is 11.9 Å². The van der Waals surface area contributed by atoms with Gasteiger partial charge in [-0.3, -0.25) is 10.3 Å². The number of nitrogens with one attached hydrogen (secondary N) is 1. The number of hydrogen-bond acceptors (Lipinski definition) is 4. The van der Waals surface area contributed by atoms with Gasteiger partial charge in [0.1, 0.15) is 0 Å². The minimum Gasteiger partial charge on any atom is -0.453 e. The van der Waals surface area contributed by atoms with Gasteiger partial charge >= 0.3 is 6.09 Å². The minimum atomic E-state index is -0.903. The van der Waals surface area contributed by atoms with E-state index >= 15 is 0 Å². The number of alkyl carbamates (subject to hydrolysis) is 1. The maximum absolute atomic E-state index is 13.2. The lowest BCUT2D eigenvalue weighted by Crippen LogP contribution is -2.40. The summed E-state index contributed by atoms with van der Waals surface area (Å²) in [5, 5.41) is 2.45. The average Bonchev–Trinajstić information content (AvgIpc) is 2.74. The van der Waals surface area contributed by atoms with E-state index < -0.39 is 17.7 Å². The monoisotopic (exact) mass is 269 g/mol. The third-order valence-electron chi connectivity index (χ3n) is 2.94. The second kappa shape index (κ2) is 5.21. The molecule has 1 unspecified atom stereocenters. The lowest BCUT2D eigenvalue weighted by atomic mass is 10.1. The molecule has 1 aliphatic heterocycles. The number of hydrogen-bond donors (Lipinski definition) is 1. The molecule has 0 aliphatic carbocycles. The van der Waals surface area contributed by atoms with E-state index in [4.69, 9.17) is 0 Å². The second-order valence-electron chi connectivity index (χ2n) is 4.08. The molecule has 1 N–H and O–H groups in total. The number of ether oxygens (including phenoxy) is 1. The minimum absolute atomic E-state index is 0.248. The highest BCUT2D eigenvalue weighted by molar-refractivity contribution is 5.94. The van der Waals surface area contributed by atoms with Gasteiger partial charge < -0.3 is 9.64 Å². The SMILES string of the molecule is COC(=O)NC1=NCC(c2ccc(F)c(F)c2)N1C. The molecule has 0 spiro atoms. The highest BCUT2D eigenvalue weighted by atomic mass is 19.2. The third kappa shape index (κ3) is 2.64. The lowest BCUT2D eigenvalue weighted by molar-refractivity contribution is 0.175. The van der Waals surface area contributed by atoms with Gasteiger partial charge in [-0.05, 0) is 17.7 Å². The molecule has 1 amide bonds. The standard InChI is InChI=1S/C12H13F2N3O2/c1-17-10(6-15-11(17)16-12(18)19-2)7-3-4-8(13)9(14)5-7/h3-5,10H,6H2,1-2H3,(H,15,16,18). The average molecular weight is 269 g/mol. The number of rotatable bonds is 1. The number of likely N-dealkylation sites (N-methyl/N-ethyl adjacent to an activating group) is 1. The van der Waals surface area contributed by atoms with Crippen molar-refractivity contribution in [2.75, 3.05) is 20.7 Å². The van der Waals surface area contributed by atoms with E-state index in [0.717, 1.165) is 12.1 Å². The summed E-state index contributed by atoms with van der Waals surface area (Å²) >= 11 is 0. The van der Waals surface area contributed by atoms with Crippen LogP contribution in [0.15, 0.2) is 23.2 Å². The zero-order valence-electron chi connectivity index (χ0n) is 10.5. The Morgan fingerprint density at radius 2 is 2.21 bits per heavy atom.